The Kier molecular flexibility index (Phi) is 4.39. The Hall–Kier alpha value is -1.62. The molecule has 1 N–H and O–H groups in total. The zero-order chi connectivity index (χ0) is 14.5. The first kappa shape index (κ1) is 14.3. The molecule has 0 unspecified atom stereocenters. The first-order valence-corrected chi connectivity index (χ1v) is 7.72. The van der Waals surface area contributed by atoms with E-state index in [0.29, 0.717) is 12.4 Å². The number of ether oxygens (including phenoxy) is 2. The highest BCUT2D eigenvalue weighted by atomic mass is 16.5. The lowest BCUT2D eigenvalue weighted by Crippen LogP contribution is -2.39. The van der Waals surface area contributed by atoms with Crippen molar-refractivity contribution in [2.75, 3.05) is 13.2 Å². The lowest BCUT2D eigenvalue weighted by atomic mass is 9.82. The zero-order valence-electron chi connectivity index (χ0n) is 12.2. The molecule has 114 valence electrons. The van der Waals surface area contributed by atoms with Gasteiger partial charge >= 0.3 is 0 Å². The molecule has 2 fully saturated rings. The van der Waals surface area contributed by atoms with E-state index in [1.807, 2.05) is 0 Å². The van der Waals surface area contributed by atoms with E-state index in [-0.39, 0.29) is 24.2 Å². The van der Waals surface area contributed by atoms with Crippen molar-refractivity contribution < 1.29 is 14.3 Å². The van der Waals surface area contributed by atoms with Gasteiger partial charge in [-0.2, -0.15) is 0 Å². The fraction of sp³-hybridized carbons (Fsp3) is 0.625. The van der Waals surface area contributed by atoms with E-state index in [1.165, 1.54) is 19.3 Å². The predicted molar refractivity (Wildman–Crippen MR) is 78.0 cm³/mol. The molecule has 2 heterocycles. The molecule has 0 radical (unpaired) electrons. The van der Waals surface area contributed by atoms with Crippen LogP contribution in [0.1, 0.15) is 38.5 Å². The standard InChI is InChI=1S/C16H22N2O3/c19-15(12-20-14-5-4-8-17-10-14)18-13-9-16(21-11-13)6-2-1-3-7-16/h4-5,8,10,13H,1-3,6-7,9,11-12H2,(H,18,19)/t13-/m1/s1. The van der Waals surface area contributed by atoms with Crippen LogP contribution in [0.5, 0.6) is 5.75 Å². The van der Waals surface area contributed by atoms with Gasteiger partial charge < -0.3 is 14.8 Å². The van der Waals surface area contributed by atoms with Crippen molar-refractivity contribution in [3.8, 4) is 5.75 Å². The number of aromatic nitrogens is 1. The normalized spacial score (nSPS) is 23.9. The molecular formula is C16H22N2O3. The van der Waals surface area contributed by atoms with Crippen LogP contribution in [0.4, 0.5) is 0 Å². The average Bonchev–Trinajstić information content (AvgIpc) is 2.89. The number of carbonyl (C=O) groups excluding carboxylic acids is 1. The fourth-order valence-electron chi connectivity index (χ4n) is 3.33. The van der Waals surface area contributed by atoms with Crippen molar-refractivity contribution in [2.45, 2.75) is 50.2 Å². The van der Waals surface area contributed by atoms with E-state index in [0.717, 1.165) is 19.3 Å². The molecule has 1 aromatic rings. The molecule has 1 saturated carbocycles. The van der Waals surface area contributed by atoms with Gasteiger partial charge in [0.05, 0.1) is 24.4 Å². The minimum absolute atomic E-state index is 0.0230. The minimum Gasteiger partial charge on any atom is -0.482 e. The van der Waals surface area contributed by atoms with Gasteiger partial charge in [0.2, 0.25) is 0 Å². The molecule has 1 aromatic heterocycles. The average molecular weight is 290 g/mol. The molecule has 21 heavy (non-hydrogen) atoms. The summed E-state index contributed by atoms with van der Waals surface area (Å²) in [7, 11) is 0. The minimum atomic E-state index is -0.0969. The van der Waals surface area contributed by atoms with Gasteiger partial charge in [-0.15, -0.1) is 0 Å². The second kappa shape index (κ2) is 6.43. The summed E-state index contributed by atoms with van der Waals surface area (Å²) in [5, 5.41) is 3.01. The summed E-state index contributed by atoms with van der Waals surface area (Å²) in [5.74, 6) is 0.513. The van der Waals surface area contributed by atoms with Gasteiger partial charge in [-0.05, 0) is 31.4 Å². The second-order valence-electron chi connectivity index (χ2n) is 6.00. The maximum Gasteiger partial charge on any atom is 0.258 e. The van der Waals surface area contributed by atoms with E-state index in [2.05, 4.69) is 10.3 Å². The smallest absolute Gasteiger partial charge is 0.258 e. The Bertz CT molecular complexity index is 472. The predicted octanol–water partition coefficient (Wildman–Crippen LogP) is 2.07. The first-order chi connectivity index (χ1) is 10.3. The Morgan fingerprint density at radius 1 is 1.43 bits per heavy atom. The lowest BCUT2D eigenvalue weighted by molar-refractivity contribution is -0.123. The van der Waals surface area contributed by atoms with Gasteiger partial charge in [-0.25, -0.2) is 0 Å². The molecular weight excluding hydrogens is 268 g/mol. The number of rotatable bonds is 4. The summed E-state index contributed by atoms with van der Waals surface area (Å²) in [5.41, 5.74) is 0.0282. The van der Waals surface area contributed by atoms with Crippen LogP contribution < -0.4 is 10.1 Å². The topological polar surface area (TPSA) is 60.5 Å². The monoisotopic (exact) mass is 290 g/mol. The fourth-order valence-corrected chi connectivity index (χ4v) is 3.33. The van der Waals surface area contributed by atoms with Crippen molar-refractivity contribution >= 4 is 5.91 Å². The molecule has 5 nitrogen and oxygen atoms in total. The molecule has 1 amide bonds. The van der Waals surface area contributed by atoms with Gasteiger partial charge in [-0.3, -0.25) is 9.78 Å². The summed E-state index contributed by atoms with van der Waals surface area (Å²) < 4.78 is 11.4. The molecule has 0 bridgehead atoms. The van der Waals surface area contributed by atoms with Crippen LogP contribution in [0, 0.1) is 0 Å². The number of nitrogens with zero attached hydrogens (tertiary/aromatic N) is 1. The Balaban J connectivity index is 1.43. The highest BCUT2D eigenvalue weighted by Gasteiger charge is 2.41. The van der Waals surface area contributed by atoms with Crippen LogP contribution in [0.25, 0.3) is 0 Å². The largest absolute Gasteiger partial charge is 0.482 e. The van der Waals surface area contributed by atoms with Crippen molar-refractivity contribution in [3.05, 3.63) is 24.5 Å². The summed E-state index contributed by atoms with van der Waals surface area (Å²) in [4.78, 5) is 15.9. The first-order valence-electron chi connectivity index (χ1n) is 7.72. The Morgan fingerprint density at radius 2 is 2.29 bits per heavy atom. The Labute approximate surface area is 125 Å². The van der Waals surface area contributed by atoms with Crippen molar-refractivity contribution in [1.29, 1.82) is 0 Å². The number of carbonyl (C=O) groups is 1. The van der Waals surface area contributed by atoms with Crippen LogP contribution in [0.2, 0.25) is 0 Å². The van der Waals surface area contributed by atoms with Gasteiger partial charge in [0, 0.05) is 6.20 Å². The second-order valence-corrected chi connectivity index (χ2v) is 6.00. The van der Waals surface area contributed by atoms with Gasteiger partial charge in [0.25, 0.3) is 5.91 Å². The summed E-state index contributed by atoms with van der Waals surface area (Å²) in [6.45, 7) is 0.647. The number of hydrogen-bond acceptors (Lipinski definition) is 4. The van der Waals surface area contributed by atoms with E-state index in [4.69, 9.17) is 9.47 Å². The molecule has 1 spiro atoms. The number of pyridine rings is 1. The SMILES string of the molecule is O=C(COc1cccnc1)N[C@H]1COC2(CCCCC2)C1. The van der Waals surface area contributed by atoms with Crippen molar-refractivity contribution in [3.63, 3.8) is 0 Å². The highest BCUT2D eigenvalue weighted by molar-refractivity contribution is 5.77. The summed E-state index contributed by atoms with van der Waals surface area (Å²) >= 11 is 0. The van der Waals surface area contributed by atoms with Gasteiger partial charge in [0.1, 0.15) is 5.75 Å². The molecule has 1 saturated heterocycles. The number of hydrogen-bond donors (Lipinski definition) is 1. The zero-order valence-corrected chi connectivity index (χ0v) is 12.2. The van der Waals surface area contributed by atoms with Crippen LogP contribution in [0.3, 0.4) is 0 Å². The molecule has 5 heteroatoms. The highest BCUT2D eigenvalue weighted by Crippen LogP contribution is 2.39. The number of nitrogens with one attached hydrogen (secondary N) is 1. The molecule has 1 aliphatic carbocycles. The summed E-state index contributed by atoms with van der Waals surface area (Å²) in [6.07, 6.45) is 10.3. The van der Waals surface area contributed by atoms with Crippen LogP contribution in [-0.2, 0) is 9.53 Å². The van der Waals surface area contributed by atoms with E-state index in [9.17, 15) is 4.79 Å². The third-order valence-corrected chi connectivity index (χ3v) is 4.34. The summed E-state index contributed by atoms with van der Waals surface area (Å²) in [6, 6.07) is 3.69. The van der Waals surface area contributed by atoms with Gasteiger partial charge in [0.15, 0.2) is 6.61 Å². The van der Waals surface area contributed by atoms with Crippen molar-refractivity contribution in [2.24, 2.45) is 0 Å². The maximum absolute atomic E-state index is 11.9. The third kappa shape index (κ3) is 3.73. The van der Waals surface area contributed by atoms with Crippen LogP contribution in [-0.4, -0.2) is 35.7 Å². The maximum atomic E-state index is 11.9. The van der Waals surface area contributed by atoms with E-state index in [1.54, 1.807) is 24.5 Å². The van der Waals surface area contributed by atoms with Crippen LogP contribution >= 0.6 is 0 Å². The van der Waals surface area contributed by atoms with Gasteiger partial charge in [-0.1, -0.05) is 19.3 Å². The van der Waals surface area contributed by atoms with E-state index >= 15 is 0 Å². The molecule has 2 aliphatic rings. The number of amides is 1. The lowest BCUT2D eigenvalue weighted by Gasteiger charge is -2.32. The van der Waals surface area contributed by atoms with Crippen molar-refractivity contribution in [1.82, 2.24) is 10.3 Å². The molecule has 1 aliphatic heterocycles. The molecule has 1 atom stereocenters. The van der Waals surface area contributed by atoms with E-state index < -0.39 is 0 Å². The Morgan fingerprint density at radius 3 is 3.05 bits per heavy atom. The third-order valence-electron chi connectivity index (χ3n) is 4.34. The molecule has 3 rings (SSSR count). The van der Waals surface area contributed by atoms with Crippen LogP contribution in [0.15, 0.2) is 24.5 Å². The quantitative estimate of drug-likeness (QED) is 0.922. The molecule has 0 aromatic carbocycles.